The third-order valence-corrected chi connectivity index (χ3v) is 6.26. The van der Waals surface area contributed by atoms with Gasteiger partial charge in [0, 0.05) is 41.8 Å². The number of nitrogen functional groups attached to an aromatic ring is 1. The van der Waals surface area contributed by atoms with E-state index in [2.05, 4.69) is 4.98 Å². The van der Waals surface area contributed by atoms with Crippen molar-refractivity contribution in [2.24, 2.45) is 0 Å². The van der Waals surface area contributed by atoms with Gasteiger partial charge in [-0.1, -0.05) is 6.08 Å². The fraction of sp³-hybridized carbons (Fsp3) is 0.346. The molecule has 1 aromatic carbocycles. The molecule has 4 rings (SSSR count). The number of nitrogens with two attached hydrogens (primary N) is 1. The van der Waals surface area contributed by atoms with Crippen LogP contribution in [0, 0.1) is 0 Å². The van der Waals surface area contributed by atoms with Gasteiger partial charge < -0.3 is 29.8 Å². The molecule has 0 saturated carbocycles. The SMILES string of the molecule is CC=C(C)C(=O)O[C@H]1Cc2c(c(Cc3ccnc(N)c3)c3oc(CO)cc(=O)c3c2O)OC1(C)C. The van der Waals surface area contributed by atoms with E-state index in [9.17, 15) is 19.8 Å². The molecule has 2 aromatic heterocycles. The largest absolute Gasteiger partial charge is 0.507 e. The minimum atomic E-state index is -0.961. The van der Waals surface area contributed by atoms with Gasteiger partial charge in [-0.25, -0.2) is 9.78 Å². The van der Waals surface area contributed by atoms with Gasteiger partial charge in [-0.3, -0.25) is 4.79 Å². The summed E-state index contributed by atoms with van der Waals surface area (Å²) in [6.07, 6.45) is 2.87. The van der Waals surface area contributed by atoms with Gasteiger partial charge in [-0.15, -0.1) is 0 Å². The standard InChI is InChI=1S/C26H28N2O7/c1-5-13(2)25(32)34-19-11-16-22(31)21-18(30)10-15(12-29)33-24(21)17(23(16)35-26(19,3)4)8-14-6-7-28-20(27)9-14/h5-7,9-10,19,29,31H,8,11-12H2,1-4H3,(H2,27,28)/t19-/m0/s1. The van der Waals surface area contributed by atoms with Gasteiger partial charge in [0.25, 0.3) is 0 Å². The van der Waals surface area contributed by atoms with E-state index in [1.54, 1.807) is 52.1 Å². The molecule has 0 bridgehead atoms. The van der Waals surface area contributed by atoms with E-state index in [4.69, 9.17) is 19.6 Å². The molecule has 0 saturated heterocycles. The van der Waals surface area contributed by atoms with E-state index in [0.29, 0.717) is 28.3 Å². The fourth-order valence-corrected chi connectivity index (χ4v) is 4.17. The quantitative estimate of drug-likeness (QED) is 0.370. The highest BCUT2D eigenvalue weighted by atomic mass is 16.6. The number of hydrogen-bond acceptors (Lipinski definition) is 9. The van der Waals surface area contributed by atoms with E-state index in [-0.39, 0.29) is 35.3 Å². The average molecular weight is 481 g/mol. The number of aliphatic hydroxyl groups excluding tert-OH is 1. The second-order valence-electron chi connectivity index (χ2n) is 9.12. The summed E-state index contributed by atoms with van der Waals surface area (Å²) >= 11 is 0. The lowest BCUT2D eigenvalue weighted by molar-refractivity contribution is -0.156. The number of phenolic OH excluding ortho intramolecular Hbond substituents is 1. The Balaban J connectivity index is 1.94. The molecule has 3 heterocycles. The van der Waals surface area contributed by atoms with Crippen LogP contribution in [0.25, 0.3) is 11.0 Å². The van der Waals surface area contributed by atoms with E-state index < -0.39 is 29.7 Å². The highest BCUT2D eigenvalue weighted by Gasteiger charge is 2.43. The Morgan fingerprint density at radius 2 is 2.11 bits per heavy atom. The van der Waals surface area contributed by atoms with Crippen molar-refractivity contribution < 1.29 is 28.9 Å². The number of aliphatic hydroxyl groups is 1. The van der Waals surface area contributed by atoms with Gasteiger partial charge in [0.15, 0.2) is 5.43 Å². The molecule has 9 heteroatoms. The fourth-order valence-electron chi connectivity index (χ4n) is 4.17. The van der Waals surface area contributed by atoms with Gasteiger partial charge in [0.05, 0.1) is 0 Å². The van der Waals surface area contributed by atoms with Gasteiger partial charge in [-0.2, -0.15) is 0 Å². The number of pyridine rings is 1. The number of fused-ring (bicyclic) bond motifs is 2. The summed E-state index contributed by atoms with van der Waals surface area (Å²) in [5.74, 6) is -0.0720. The molecule has 184 valence electrons. The third kappa shape index (κ3) is 4.46. The van der Waals surface area contributed by atoms with Crippen molar-refractivity contribution in [1.29, 1.82) is 0 Å². The summed E-state index contributed by atoms with van der Waals surface area (Å²) in [5.41, 5.74) is 6.58. The van der Waals surface area contributed by atoms with Crippen molar-refractivity contribution in [1.82, 2.24) is 4.98 Å². The maximum Gasteiger partial charge on any atom is 0.333 e. The second kappa shape index (κ2) is 9.07. The lowest BCUT2D eigenvalue weighted by Crippen LogP contribution is -2.49. The maximum atomic E-state index is 12.9. The first-order chi connectivity index (χ1) is 16.6. The molecule has 9 nitrogen and oxygen atoms in total. The number of aromatic hydroxyl groups is 1. The van der Waals surface area contributed by atoms with Crippen molar-refractivity contribution in [3.63, 3.8) is 0 Å². The lowest BCUT2D eigenvalue weighted by atomic mass is 9.86. The lowest BCUT2D eigenvalue weighted by Gasteiger charge is -2.40. The zero-order chi connectivity index (χ0) is 25.5. The smallest absolute Gasteiger partial charge is 0.333 e. The van der Waals surface area contributed by atoms with Gasteiger partial charge in [-0.05, 0) is 45.4 Å². The number of hydrogen-bond donors (Lipinski definition) is 3. The van der Waals surface area contributed by atoms with Crippen molar-refractivity contribution >= 4 is 22.8 Å². The van der Waals surface area contributed by atoms with Crippen molar-refractivity contribution in [3.8, 4) is 11.5 Å². The van der Waals surface area contributed by atoms with Crippen molar-refractivity contribution in [2.75, 3.05) is 5.73 Å². The number of esters is 1. The molecule has 35 heavy (non-hydrogen) atoms. The molecule has 0 fully saturated rings. The van der Waals surface area contributed by atoms with Crippen LogP contribution in [-0.2, 0) is 29.0 Å². The first-order valence-corrected chi connectivity index (χ1v) is 11.2. The zero-order valence-corrected chi connectivity index (χ0v) is 20.0. The van der Waals surface area contributed by atoms with Crippen LogP contribution in [0.5, 0.6) is 11.5 Å². The summed E-state index contributed by atoms with van der Waals surface area (Å²) in [5, 5.41) is 20.7. The monoisotopic (exact) mass is 480 g/mol. The molecule has 1 aliphatic rings. The number of benzene rings is 1. The Morgan fingerprint density at radius 1 is 1.37 bits per heavy atom. The summed E-state index contributed by atoms with van der Waals surface area (Å²) < 4.78 is 17.9. The summed E-state index contributed by atoms with van der Waals surface area (Å²) in [4.78, 5) is 29.4. The van der Waals surface area contributed by atoms with Gasteiger partial charge in [0.2, 0.25) is 0 Å². The Kier molecular flexibility index (Phi) is 6.29. The van der Waals surface area contributed by atoms with Crippen LogP contribution in [0.4, 0.5) is 5.82 Å². The number of aromatic nitrogens is 1. The molecule has 1 aliphatic heterocycles. The minimum Gasteiger partial charge on any atom is -0.507 e. The Labute approximate surface area is 201 Å². The molecular formula is C26H28N2O7. The van der Waals surface area contributed by atoms with Gasteiger partial charge >= 0.3 is 5.97 Å². The molecule has 1 atom stereocenters. The highest BCUT2D eigenvalue weighted by Crippen LogP contribution is 2.46. The Morgan fingerprint density at radius 3 is 2.77 bits per heavy atom. The molecule has 0 spiro atoms. The van der Waals surface area contributed by atoms with Crippen molar-refractivity contribution in [2.45, 2.75) is 58.8 Å². The number of carbonyl (C=O) groups excluding carboxylic acids is 1. The molecule has 0 aliphatic carbocycles. The van der Waals surface area contributed by atoms with Crippen LogP contribution >= 0.6 is 0 Å². The number of anilines is 1. The van der Waals surface area contributed by atoms with Gasteiger partial charge in [0.1, 0.15) is 52.4 Å². The van der Waals surface area contributed by atoms with Crippen LogP contribution in [0.2, 0.25) is 0 Å². The van der Waals surface area contributed by atoms with Crippen molar-refractivity contribution in [3.05, 3.63) is 68.7 Å². The summed E-state index contributed by atoms with van der Waals surface area (Å²) in [6.45, 7) is 6.48. The second-order valence-corrected chi connectivity index (χ2v) is 9.12. The van der Waals surface area contributed by atoms with E-state index in [1.807, 2.05) is 0 Å². The van der Waals surface area contributed by atoms with E-state index in [1.165, 1.54) is 0 Å². The topological polar surface area (TPSA) is 145 Å². The molecule has 0 radical (unpaired) electrons. The predicted octanol–water partition coefficient (Wildman–Crippen LogP) is 3.15. The molecule has 4 N–H and O–H groups in total. The average Bonchev–Trinajstić information content (AvgIpc) is 2.81. The number of phenols is 1. The highest BCUT2D eigenvalue weighted by molar-refractivity contribution is 5.91. The Hall–Kier alpha value is -3.85. The normalized spacial score (nSPS) is 17.1. The number of allylic oxidation sites excluding steroid dienone is 1. The van der Waals surface area contributed by atoms with E-state index >= 15 is 0 Å². The number of carbonyl (C=O) groups is 1. The van der Waals surface area contributed by atoms with E-state index in [0.717, 1.165) is 11.6 Å². The first-order valence-electron chi connectivity index (χ1n) is 11.2. The number of rotatable bonds is 5. The molecule has 0 amide bonds. The van der Waals surface area contributed by atoms with Crippen LogP contribution in [0.15, 0.2) is 45.3 Å². The summed E-state index contributed by atoms with van der Waals surface area (Å²) in [7, 11) is 0. The van der Waals surface area contributed by atoms with Crippen LogP contribution in [0.3, 0.4) is 0 Å². The number of ether oxygens (including phenoxy) is 2. The molecule has 0 unspecified atom stereocenters. The number of nitrogens with zero attached hydrogens (tertiary/aromatic N) is 1. The Bertz CT molecular complexity index is 1410. The van der Waals surface area contributed by atoms with Crippen LogP contribution < -0.4 is 15.9 Å². The molecular weight excluding hydrogens is 452 g/mol. The summed E-state index contributed by atoms with van der Waals surface area (Å²) in [6, 6.07) is 4.61. The molecule has 3 aromatic rings. The predicted molar refractivity (Wildman–Crippen MR) is 129 cm³/mol. The minimum absolute atomic E-state index is 0.0315. The van der Waals surface area contributed by atoms with Crippen LogP contribution in [-0.4, -0.2) is 32.9 Å². The maximum absolute atomic E-state index is 12.9. The third-order valence-electron chi connectivity index (χ3n) is 6.26. The zero-order valence-electron chi connectivity index (χ0n) is 20.0. The van der Waals surface area contributed by atoms with Crippen LogP contribution in [0.1, 0.15) is 50.1 Å². The first kappa shape index (κ1) is 24.3.